The Labute approximate surface area is 167 Å². The number of benzene rings is 2. The van der Waals surface area contributed by atoms with Crippen LogP contribution < -0.4 is 10.6 Å². The number of hydrogen-bond donors (Lipinski definition) is 2. The van der Waals surface area contributed by atoms with Gasteiger partial charge in [0.25, 0.3) is 0 Å². The molecular formula is C21H20N4O4. The number of aromatic nitrogens is 2. The fraction of sp³-hybridized carbons (Fsp3) is 0.143. The Morgan fingerprint density at radius 2 is 1.55 bits per heavy atom. The monoisotopic (exact) mass is 392 g/mol. The fourth-order valence-corrected chi connectivity index (χ4v) is 2.64. The zero-order valence-electron chi connectivity index (χ0n) is 16.2. The summed E-state index contributed by atoms with van der Waals surface area (Å²) in [5.74, 6) is 0.0402. The van der Waals surface area contributed by atoms with E-state index in [1.807, 2.05) is 13.0 Å². The number of methoxy groups -OCH3 is 2. The standard InChI is InChI=1S/C21H20N4O4/c1-13-12-18(24-17-7-5-4-6-16(17)20(27)29-3)25-21(22-13)23-15-10-8-14(9-11-15)19(26)28-2/h4-12H,1-3H3,(H2,22,23,24,25). The first-order valence-corrected chi connectivity index (χ1v) is 8.75. The summed E-state index contributed by atoms with van der Waals surface area (Å²) in [4.78, 5) is 32.3. The van der Waals surface area contributed by atoms with Crippen LogP contribution in [0.25, 0.3) is 0 Å². The normalized spacial score (nSPS) is 10.2. The van der Waals surface area contributed by atoms with Gasteiger partial charge in [0.15, 0.2) is 0 Å². The molecule has 2 aromatic carbocycles. The summed E-state index contributed by atoms with van der Waals surface area (Å²) >= 11 is 0. The quantitative estimate of drug-likeness (QED) is 0.610. The van der Waals surface area contributed by atoms with Crippen molar-refractivity contribution in [2.75, 3.05) is 24.9 Å². The van der Waals surface area contributed by atoms with Crippen molar-refractivity contribution in [2.24, 2.45) is 0 Å². The number of esters is 2. The molecule has 148 valence electrons. The van der Waals surface area contributed by atoms with E-state index in [4.69, 9.17) is 9.47 Å². The third kappa shape index (κ3) is 4.86. The van der Waals surface area contributed by atoms with Crippen LogP contribution in [0.5, 0.6) is 0 Å². The molecule has 0 saturated heterocycles. The van der Waals surface area contributed by atoms with Crippen LogP contribution in [0.4, 0.5) is 23.1 Å². The second kappa shape index (κ2) is 8.83. The number of nitrogens with zero attached hydrogens (tertiary/aromatic N) is 2. The summed E-state index contributed by atoms with van der Waals surface area (Å²) in [7, 11) is 2.67. The van der Waals surface area contributed by atoms with Gasteiger partial charge in [0.2, 0.25) is 5.95 Å². The molecule has 0 amide bonds. The first-order chi connectivity index (χ1) is 14.0. The number of hydrogen-bond acceptors (Lipinski definition) is 8. The first-order valence-electron chi connectivity index (χ1n) is 8.75. The minimum Gasteiger partial charge on any atom is -0.465 e. The van der Waals surface area contributed by atoms with E-state index in [-0.39, 0.29) is 0 Å². The molecule has 0 fully saturated rings. The van der Waals surface area contributed by atoms with Crippen molar-refractivity contribution in [3.8, 4) is 0 Å². The Kier molecular flexibility index (Phi) is 6.03. The van der Waals surface area contributed by atoms with Crippen molar-refractivity contribution in [1.82, 2.24) is 9.97 Å². The molecule has 0 aliphatic carbocycles. The summed E-state index contributed by atoms with van der Waals surface area (Å²) in [5.41, 5.74) is 2.87. The molecule has 1 heterocycles. The van der Waals surface area contributed by atoms with Crippen LogP contribution in [-0.2, 0) is 9.47 Å². The van der Waals surface area contributed by atoms with Crippen molar-refractivity contribution in [1.29, 1.82) is 0 Å². The molecule has 0 spiro atoms. The van der Waals surface area contributed by atoms with Gasteiger partial charge in [0.05, 0.1) is 31.0 Å². The van der Waals surface area contributed by atoms with Gasteiger partial charge in [-0.2, -0.15) is 4.98 Å². The Bertz CT molecular complexity index is 1040. The molecule has 0 aliphatic heterocycles. The molecule has 8 heteroatoms. The smallest absolute Gasteiger partial charge is 0.339 e. The zero-order valence-corrected chi connectivity index (χ0v) is 16.2. The predicted molar refractivity (Wildman–Crippen MR) is 109 cm³/mol. The number of rotatable bonds is 6. The van der Waals surface area contributed by atoms with Gasteiger partial charge in [-0.1, -0.05) is 12.1 Å². The number of para-hydroxylation sites is 1. The van der Waals surface area contributed by atoms with Crippen molar-refractivity contribution in [3.63, 3.8) is 0 Å². The summed E-state index contributed by atoms with van der Waals surface area (Å²) < 4.78 is 9.51. The van der Waals surface area contributed by atoms with E-state index in [0.717, 1.165) is 5.69 Å². The summed E-state index contributed by atoms with van der Waals surface area (Å²) in [6.45, 7) is 1.84. The molecule has 2 N–H and O–H groups in total. The number of carbonyl (C=O) groups is 2. The van der Waals surface area contributed by atoms with Crippen molar-refractivity contribution in [2.45, 2.75) is 6.92 Å². The summed E-state index contributed by atoms with van der Waals surface area (Å²) in [5, 5.41) is 6.23. The number of anilines is 4. The second-order valence-electron chi connectivity index (χ2n) is 6.07. The van der Waals surface area contributed by atoms with Crippen LogP contribution in [0.15, 0.2) is 54.6 Å². The van der Waals surface area contributed by atoms with E-state index < -0.39 is 11.9 Å². The molecule has 0 radical (unpaired) electrons. The highest BCUT2D eigenvalue weighted by Crippen LogP contribution is 2.23. The van der Waals surface area contributed by atoms with Crippen LogP contribution in [0.2, 0.25) is 0 Å². The largest absolute Gasteiger partial charge is 0.465 e. The van der Waals surface area contributed by atoms with Crippen LogP contribution in [0, 0.1) is 6.92 Å². The molecule has 1 aromatic heterocycles. The highest BCUT2D eigenvalue weighted by Gasteiger charge is 2.12. The SMILES string of the molecule is COC(=O)c1ccc(Nc2nc(C)cc(Nc3ccccc3C(=O)OC)n2)cc1. The van der Waals surface area contributed by atoms with Gasteiger partial charge in [0, 0.05) is 17.4 Å². The van der Waals surface area contributed by atoms with Gasteiger partial charge in [-0.15, -0.1) is 0 Å². The van der Waals surface area contributed by atoms with Gasteiger partial charge in [-0.3, -0.25) is 0 Å². The molecule has 3 aromatic rings. The molecule has 0 saturated carbocycles. The van der Waals surface area contributed by atoms with E-state index in [0.29, 0.717) is 34.3 Å². The third-order valence-corrected chi connectivity index (χ3v) is 4.01. The van der Waals surface area contributed by atoms with E-state index in [9.17, 15) is 9.59 Å². The molecule has 0 aliphatic rings. The minimum atomic E-state index is -0.442. The molecule has 0 unspecified atom stereocenters. The Hall–Kier alpha value is -3.94. The lowest BCUT2D eigenvalue weighted by atomic mass is 10.2. The molecule has 0 bridgehead atoms. The molecule has 0 atom stereocenters. The maximum absolute atomic E-state index is 12.0. The lowest BCUT2D eigenvalue weighted by Gasteiger charge is -2.12. The first kappa shape index (κ1) is 19.8. The average Bonchev–Trinajstić information content (AvgIpc) is 2.73. The van der Waals surface area contributed by atoms with Crippen molar-refractivity contribution < 1.29 is 19.1 Å². The van der Waals surface area contributed by atoms with Gasteiger partial charge in [-0.05, 0) is 43.3 Å². The summed E-state index contributed by atoms with van der Waals surface area (Å²) in [6, 6.07) is 15.5. The van der Waals surface area contributed by atoms with Crippen LogP contribution in [-0.4, -0.2) is 36.1 Å². The minimum absolute atomic E-state index is 0.369. The average molecular weight is 392 g/mol. The van der Waals surface area contributed by atoms with Gasteiger partial charge >= 0.3 is 11.9 Å². The highest BCUT2D eigenvalue weighted by atomic mass is 16.5. The lowest BCUT2D eigenvalue weighted by molar-refractivity contribution is 0.0592. The van der Waals surface area contributed by atoms with Crippen LogP contribution in [0.1, 0.15) is 26.4 Å². The van der Waals surface area contributed by atoms with Gasteiger partial charge in [-0.25, -0.2) is 14.6 Å². The highest BCUT2D eigenvalue weighted by molar-refractivity contribution is 5.96. The molecule has 3 rings (SSSR count). The summed E-state index contributed by atoms with van der Waals surface area (Å²) in [6.07, 6.45) is 0. The van der Waals surface area contributed by atoms with Crippen molar-refractivity contribution >= 4 is 35.1 Å². The second-order valence-corrected chi connectivity index (χ2v) is 6.07. The maximum atomic E-state index is 12.0. The van der Waals surface area contributed by atoms with Gasteiger partial charge < -0.3 is 20.1 Å². The van der Waals surface area contributed by atoms with Crippen molar-refractivity contribution in [3.05, 3.63) is 71.4 Å². The Morgan fingerprint density at radius 3 is 2.24 bits per heavy atom. The predicted octanol–water partition coefficient (Wildman–Crippen LogP) is 3.85. The van der Waals surface area contributed by atoms with E-state index in [1.54, 1.807) is 48.5 Å². The third-order valence-electron chi connectivity index (χ3n) is 4.01. The number of ether oxygens (including phenoxy) is 2. The number of carbonyl (C=O) groups excluding carboxylic acids is 2. The van der Waals surface area contributed by atoms with Gasteiger partial charge in [0.1, 0.15) is 5.82 Å². The number of aryl methyl sites for hydroxylation is 1. The van der Waals surface area contributed by atoms with Crippen LogP contribution in [0.3, 0.4) is 0 Å². The Balaban J connectivity index is 1.82. The maximum Gasteiger partial charge on any atom is 0.339 e. The fourth-order valence-electron chi connectivity index (χ4n) is 2.64. The van der Waals surface area contributed by atoms with E-state index in [2.05, 4.69) is 20.6 Å². The topological polar surface area (TPSA) is 102 Å². The van der Waals surface area contributed by atoms with E-state index >= 15 is 0 Å². The molecular weight excluding hydrogens is 372 g/mol. The van der Waals surface area contributed by atoms with E-state index in [1.165, 1.54) is 14.2 Å². The molecule has 8 nitrogen and oxygen atoms in total. The lowest BCUT2D eigenvalue weighted by Crippen LogP contribution is -2.07. The zero-order chi connectivity index (χ0) is 20.8. The van der Waals surface area contributed by atoms with Crippen LogP contribution >= 0.6 is 0 Å². The Morgan fingerprint density at radius 1 is 0.862 bits per heavy atom. The number of nitrogens with one attached hydrogen (secondary N) is 2. The molecule has 29 heavy (non-hydrogen) atoms.